The Kier molecular flexibility index (Phi) is 7.70. The number of halogens is 1. The van der Waals surface area contributed by atoms with Gasteiger partial charge >= 0.3 is 0 Å². The average Bonchev–Trinajstić information content (AvgIpc) is 3.24. The Labute approximate surface area is 195 Å². The Balaban J connectivity index is 1.83. The molecular weight excluding hydrogens is 443 g/mol. The molecule has 12 heteroatoms. The molecular formula is C22H25FN8O3. The molecule has 0 fully saturated rings. The zero-order valence-corrected chi connectivity index (χ0v) is 18.9. The van der Waals surface area contributed by atoms with Crippen molar-refractivity contribution in [2.75, 3.05) is 18.5 Å². The number of anilines is 1. The van der Waals surface area contributed by atoms with Crippen molar-refractivity contribution >= 4 is 28.5 Å². The second kappa shape index (κ2) is 10.7. The SMILES string of the molecule is CC(C)Nc1cc(-n2ncc3cc(C#N)cnc32)ncc1C(=O)NC[C@@H](F)C(=O)N[C@@H](C)CO. The molecule has 11 nitrogen and oxygen atoms in total. The standard InChI is InChI=1S/C22H25FN8O3/c1-12(2)29-18-5-19(31-20-15(8-28-31)4-14(6-24)7-26-20)25-9-16(18)21(33)27-10-17(23)22(34)30-13(3)11-32/h4-5,7-9,12-13,17,32H,10-11H2,1-3H3,(H,25,29)(H,27,33)(H,30,34)/t13-,17+/m0/s1. The van der Waals surface area contributed by atoms with Crippen molar-refractivity contribution in [1.82, 2.24) is 30.4 Å². The van der Waals surface area contributed by atoms with Crippen molar-refractivity contribution in [3.8, 4) is 11.9 Å². The lowest BCUT2D eigenvalue weighted by Crippen LogP contribution is -2.44. The molecule has 3 aromatic rings. The van der Waals surface area contributed by atoms with Crippen molar-refractivity contribution in [2.45, 2.75) is 39.0 Å². The highest BCUT2D eigenvalue weighted by Gasteiger charge is 2.22. The number of amides is 2. The number of hydrogen-bond acceptors (Lipinski definition) is 8. The summed E-state index contributed by atoms with van der Waals surface area (Å²) in [5.41, 5.74) is 1.48. The third kappa shape index (κ3) is 5.62. The molecule has 0 spiro atoms. The van der Waals surface area contributed by atoms with Crippen LogP contribution in [0, 0.1) is 11.3 Å². The molecule has 0 aliphatic carbocycles. The van der Waals surface area contributed by atoms with Crippen LogP contribution in [0.5, 0.6) is 0 Å². The number of rotatable bonds is 9. The van der Waals surface area contributed by atoms with Crippen LogP contribution in [0.2, 0.25) is 0 Å². The third-order valence-electron chi connectivity index (χ3n) is 4.72. The summed E-state index contributed by atoms with van der Waals surface area (Å²) in [6, 6.07) is 4.67. The number of aliphatic hydroxyl groups excluding tert-OH is 1. The first-order valence-corrected chi connectivity index (χ1v) is 10.6. The maximum atomic E-state index is 14.2. The fourth-order valence-corrected chi connectivity index (χ4v) is 3.07. The first-order valence-electron chi connectivity index (χ1n) is 10.6. The van der Waals surface area contributed by atoms with Gasteiger partial charge in [-0.05, 0) is 26.8 Å². The average molecular weight is 468 g/mol. The van der Waals surface area contributed by atoms with E-state index in [1.165, 1.54) is 24.0 Å². The Morgan fingerprint density at radius 1 is 1.21 bits per heavy atom. The third-order valence-corrected chi connectivity index (χ3v) is 4.72. The number of nitriles is 1. The van der Waals surface area contributed by atoms with Crippen LogP contribution in [0.25, 0.3) is 16.9 Å². The van der Waals surface area contributed by atoms with E-state index in [-0.39, 0.29) is 18.2 Å². The summed E-state index contributed by atoms with van der Waals surface area (Å²) in [6.45, 7) is 4.44. The monoisotopic (exact) mass is 468 g/mol. The van der Waals surface area contributed by atoms with Crippen LogP contribution in [0.15, 0.2) is 30.7 Å². The zero-order valence-electron chi connectivity index (χ0n) is 18.9. The van der Waals surface area contributed by atoms with Gasteiger partial charge in [0, 0.05) is 35.9 Å². The van der Waals surface area contributed by atoms with Crippen LogP contribution in [-0.4, -0.2) is 68.1 Å². The number of aromatic nitrogens is 4. The molecule has 0 unspecified atom stereocenters. The van der Waals surface area contributed by atoms with Gasteiger partial charge in [-0.25, -0.2) is 14.4 Å². The van der Waals surface area contributed by atoms with Gasteiger partial charge in [0.15, 0.2) is 17.6 Å². The van der Waals surface area contributed by atoms with Crippen LogP contribution in [0.3, 0.4) is 0 Å². The number of fused-ring (bicyclic) bond motifs is 1. The molecule has 0 saturated carbocycles. The van der Waals surface area contributed by atoms with Crippen LogP contribution >= 0.6 is 0 Å². The van der Waals surface area contributed by atoms with Gasteiger partial charge in [0.25, 0.3) is 11.8 Å². The maximum absolute atomic E-state index is 14.2. The van der Waals surface area contributed by atoms with Gasteiger partial charge in [-0.2, -0.15) is 15.0 Å². The zero-order chi connectivity index (χ0) is 24.8. The Hall–Kier alpha value is -4.11. The Morgan fingerprint density at radius 3 is 2.65 bits per heavy atom. The Morgan fingerprint density at radius 2 is 1.97 bits per heavy atom. The minimum atomic E-state index is -1.98. The molecule has 2 amide bonds. The molecule has 178 valence electrons. The fraction of sp³-hybridized carbons (Fsp3) is 0.364. The number of alkyl halides is 1. The normalized spacial score (nSPS) is 12.7. The highest BCUT2D eigenvalue weighted by molar-refractivity contribution is 6.00. The number of aliphatic hydroxyl groups is 1. The molecule has 0 aliphatic heterocycles. The molecule has 4 N–H and O–H groups in total. The van der Waals surface area contributed by atoms with Gasteiger partial charge in [-0.1, -0.05) is 0 Å². The van der Waals surface area contributed by atoms with Crippen LogP contribution < -0.4 is 16.0 Å². The topological polar surface area (TPSA) is 158 Å². The largest absolute Gasteiger partial charge is 0.394 e. The molecule has 0 aliphatic rings. The predicted octanol–water partition coefficient (Wildman–Crippen LogP) is 1.07. The van der Waals surface area contributed by atoms with Gasteiger partial charge in [0.05, 0.1) is 36.2 Å². The minimum absolute atomic E-state index is 0.0350. The van der Waals surface area contributed by atoms with E-state index in [0.717, 1.165) is 0 Å². The first-order chi connectivity index (χ1) is 16.2. The lowest BCUT2D eigenvalue weighted by molar-refractivity contribution is -0.126. The summed E-state index contributed by atoms with van der Waals surface area (Å²) in [7, 11) is 0. The summed E-state index contributed by atoms with van der Waals surface area (Å²) < 4.78 is 15.6. The van der Waals surface area contributed by atoms with Gasteiger partial charge < -0.3 is 21.1 Å². The van der Waals surface area contributed by atoms with Crippen molar-refractivity contribution in [2.24, 2.45) is 0 Å². The molecule has 0 bridgehead atoms. The van der Waals surface area contributed by atoms with Crippen LogP contribution in [0.4, 0.5) is 10.1 Å². The first kappa shape index (κ1) is 24.5. The number of hydrogen-bond donors (Lipinski definition) is 4. The van der Waals surface area contributed by atoms with E-state index in [2.05, 4.69) is 31.0 Å². The van der Waals surface area contributed by atoms with Gasteiger partial charge in [0.1, 0.15) is 6.07 Å². The van der Waals surface area contributed by atoms with E-state index in [0.29, 0.717) is 28.1 Å². The van der Waals surface area contributed by atoms with Crippen molar-refractivity contribution in [3.63, 3.8) is 0 Å². The van der Waals surface area contributed by atoms with Crippen LogP contribution in [-0.2, 0) is 4.79 Å². The number of carbonyl (C=O) groups is 2. The highest BCUT2D eigenvalue weighted by Crippen LogP contribution is 2.22. The summed E-state index contributed by atoms with van der Waals surface area (Å²) in [4.78, 5) is 33.1. The summed E-state index contributed by atoms with van der Waals surface area (Å²) >= 11 is 0. The van der Waals surface area contributed by atoms with Gasteiger partial charge in [-0.15, -0.1) is 0 Å². The quantitative estimate of drug-likeness (QED) is 0.363. The summed E-state index contributed by atoms with van der Waals surface area (Å²) in [6.07, 6.45) is 2.34. The van der Waals surface area contributed by atoms with Gasteiger partial charge in [-0.3, -0.25) is 9.59 Å². The second-order valence-electron chi connectivity index (χ2n) is 7.96. The minimum Gasteiger partial charge on any atom is -0.394 e. The van der Waals surface area contributed by atoms with Gasteiger partial charge in [0.2, 0.25) is 0 Å². The van der Waals surface area contributed by atoms with E-state index >= 15 is 0 Å². The number of nitrogens with one attached hydrogen (secondary N) is 3. The second-order valence-corrected chi connectivity index (χ2v) is 7.96. The molecule has 34 heavy (non-hydrogen) atoms. The van der Waals surface area contributed by atoms with E-state index in [4.69, 9.17) is 10.4 Å². The van der Waals surface area contributed by atoms with E-state index in [9.17, 15) is 14.0 Å². The maximum Gasteiger partial charge on any atom is 0.256 e. The highest BCUT2D eigenvalue weighted by atomic mass is 19.1. The number of nitrogens with zero attached hydrogens (tertiary/aromatic N) is 5. The number of carbonyl (C=O) groups excluding carboxylic acids is 2. The molecule has 3 aromatic heterocycles. The fourth-order valence-electron chi connectivity index (χ4n) is 3.07. The van der Waals surface area contributed by atoms with Crippen molar-refractivity contribution < 1.29 is 19.1 Å². The van der Waals surface area contributed by atoms with Crippen LogP contribution in [0.1, 0.15) is 36.7 Å². The smallest absolute Gasteiger partial charge is 0.256 e. The van der Waals surface area contributed by atoms with Crippen molar-refractivity contribution in [1.29, 1.82) is 5.26 Å². The summed E-state index contributed by atoms with van der Waals surface area (Å²) in [5.74, 6) is -1.16. The number of pyridine rings is 2. The predicted molar refractivity (Wildman–Crippen MR) is 122 cm³/mol. The molecule has 3 rings (SSSR count). The molecule has 0 saturated heterocycles. The molecule has 0 radical (unpaired) electrons. The lowest BCUT2D eigenvalue weighted by Gasteiger charge is -2.17. The van der Waals surface area contributed by atoms with Crippen molar-refractivity contribution in [3.05, 3.63) is 41.9 Å². The molecule has 0 aromatic carbocycles. The molecule has 3 heterocycles. The lowest BCUT2D eigenvalue weighted by atomic mass is 10.2. The van der Waals surface area contributed by atoms with E-state index in [1.807, 2.05) is 19.9 Å². The molecule has 2 atom stereocenters. The summed E-state index contributed by atoms with van der Waals surface area (Å²) in [5, 5.41) is 30.8. The van der Waals surface area contributed by atoms with E-state index in [1.54, 1.807) is 18.3 Å². The van der Waals surface area contributed by atoms with E-state index < -0.39 is 30.6 Å². The Bertz CT molecular complexity index is 1240.